The summed E-state index contributed by atoms with van der Waals surface area (Å²) in [6.45, 7) is 7.09. The van der Waals surface area contributed by atoms with Crippen molar-refractivity contribution in [2.24, 2.45) is 0 Å². The van der Waals surface area contributed by atoms with Crippen LogP contribution in [-0.4, -0.2) is 53.2 Å². The number of rotatable bonds is 13. The third-order valence-corrected chi connectivity index (χ3v) is 2.76. The molecule has 0 aliphatic carbocycles. The number of methoxy groups -OCH3 is 1. The number of benzene rings is 1. The fourth-order valence-electron chi connectivity index (χ4n) is 1.73. The van der Waals surface area contributed by atoms with Crippen molar-refractivity contribution >= 4 is 0 Å². The number of hydrogen-bond donors (Lipinski definition) is 1. The summed E-state index contributed by atoms with van der Waals surface area (Å²) in [4.78, 5) is 0. The van der Waals surface area contributed by atoms with Gasteiger partial charge in [-0.25, -0.2) is 0 Å². The predicted octanol–water partition coefficient (Wildman–Crippen LogP) is 2.11. The Morgan fingerprint density at radius 1 is 0.857 bits per heavy atom. The highest BCUT2D eigenvalue weighted by atomic mass is 16.5. The largest absolute Gasteiger partial charge is 0.494 e. The lowest BCUT2D eigenvalue weighted by atomic mass is 10.3. The van der Waals surface area contributed by atoms with E-state index in [2.05, 4.69) is 5.32 Å². The molecule has 1 rings (SSSR count). The van der Waals surface area contributed by atoms with Gasteiger partial charge in [0.05, 0.1) is 19.8 Å². The third kappa shape index (κ3) is 9.28. The van der Waals surface area contributed by atoms with E-state index in [1.165, 1.54) is 0 Å². The van der Waals surface area contributed by atoms with Crippen LogP contribution >= 0.6 is 0 Å². The summed E-state index contributed by atoms with van der Waals surface area (Å²) in [5.41, 5.74) is 0. The number of ether oxygens (including phenoxy) is 4. The molecule has 0 unspecified atom stereocenters. The fraction of sp³-hybridized carbons (Fsp3) is 0.625. The molecule has 0 atom stereocenters. The molecule has 5 heteroatoms. The number of nitrogens with one attached hydrogen (secondary N) is 1. The minimum absolute atomic E-state index is 0.553. The van der Waals surface area contributed by atoms with Gasteiger partial charge in [-0.2, -0.15) is 0 Å². The molecule has 1 aromatic rings. The van der Waals surface area contributed by atoms with E-state index < -0.39 is 0 Å². The van der Waals surface area contributed by atoms with Crippen LogP contribution in [0.25, 0.3) is 0 Å². The maximum Gasteiger partial charge on any atom is 0.119 e. The van der Waals surface area contributed by atoms with Gasteiger partial charge in [-0.05, 0) is 44.2 Å². The van der Waals surface area contributed by atoms with E-state index in [9.17, 15) is 0 Å². The molecule has 0 amide bonds. The molecule has 5 nitrogen and oxygen atoms in total. The quantitative estimate of drug-likeness (QED) is 0.565. The third-order valence-electron chi connectivity index (χ3n) is 2.76. The molecule has 0 heterocycles. The topological polar surface area (TPSA) is 49.0 Å². The smallest absolute Gasteiger partial charge is 0.119 e. The van der Waals surface area contributed by atoms with E-state index in [0.717, 1.165) is 37.6 Å². The zero-order valence-corrected chi connectivity index (χ0v) is 13.1. The molecule has 0 aliphatic heterocycles. The van der Waals surface area contributed by atoms with Crippen molar-refractivity contribution in [3.05, 3.63) is 24.3 Å². The van der Waals surface area contributed by atoms with Gasteiger partial charge < -0.3 is 24.3 Å². The van der Waals surface area contributed by atoms with Crippen LogP contribution in [0.5, 0.6) is 11.5 Å². The summed E-state index contributed by atoms with van der Waals surface area (Å²) >= 11 is 0. The normalized spacial score (nSPS) is 10.6. The highest BCUT2D eigenvalue weighted by molar-refractivity contribution is 5.31. The van der Waals surface area contributed by atoms with Gasteiger partial charge in [0.15, 0.2) is 0 Å². The van der Waals surface area contributed by atoms with Crippen molar-refractivity contribution in [1.29, 1.82) is 0 Å². The predicted molar refractivity (Wildman–Crippen MR) is 83.3 cm³/mol. The van der Waals surface area contributed by atoms with Gasteiger partial charge in [-0.3, -0.25) is 0 Å². The highest BCUT2D eigenvalue weighted by Gasteiger charge is 1.96. The van der Waals surface area contributed by atoms with Crippen LogP contribution in [0.1, 0.15) is 13.3 Å². The van der Waals surface area contributed by atoms with Gasteiger partial charge >= 0.3 is 0 Å². The van der Waals surface area contributed by atoms with E-state index >= 15 is 0 Å². The monoisotopic (exact) mass is 297 g/mol. The van der Waals surface area contributed by atoms with Crippen LogP contribution in [0.4, 0.5) is 0 Å². The first-order valence-corrected chi connectivity index (χ1v) is 7.50. The molecular formula is C16H27NO4. The zero-order chi connectivity index (χ0) is 15.2. The fourth-order valence-corrected chi connectivity index (χ4v) is 1.73. The van der Waals surface area contributed by atoms with Crippen LogP contribution in [0.2, 0.25) is 0 Å². The molecule has 0 spiro atoms. The average molecular weight is 297 g/mol. The molecule has 1 N–H and O–H groups in total. The molecule has 0 aliphatic rings. The van der Waals surface area contributed by atoms with Crippen molar-refractivity contribution in [2.75, 3.05) is 53.2 Å². The summed E-state index contributed by atoms with van der Waals surface area (Å²) < 4.78 is 21.4. The van der Waals surface area contributed by atoms with Crippen molar-refractivity contribution in [3.63, 3.8) is 0 Å². The van der Waals surface area contributed by atoms with Crippen LogP contribution in [-0.2, 0) is 9.47 Å². The van der Waals surface area contributed by atoms with Gasteiger partial charge in [0, 0.05) is 20.3 Å². The Bertz CT molecular complexity index is 343. The summed E-state index contributed by atoms with van der Waals surface area (Å²) in [6, 6.07) is 7.62. The molecule has 21 heavy (non-hydrogen) atoms. The lowest BCUT2D eigenvalue weighted by Crippen LogP contribution is -2.22. The minimum atomic E-state index is 0.553. The Hall–Kier alpha value is -1.30. The van der Waals surface area contributed by atoms with Crippen LogP contribution in [0.15, 0.2) is 24.3 Å². The summed E-state index contributed by atoms with van der Waals surface area (Å²) in [7, 11) is 1.72. The second kappa shape index (κ2) is 12.4. The summed E-state index contributed by atoms with van der Waals surface area (Å²) in [6.07, 6.45) is 1.03. The molecule has 0 saturated heterocycles. The molecular weight excluding hydrogens is 270 g/mol. The van der Waals surface area contributed by atoms with E-state index in [1.54, 1.807) is 7.11 Å². The Labute approximate surface area is 127 Å². The van der Waals surface area contributed by atoms with Crippen LogP contribution in [0, 0.1) is 0 Å². The Morgan fingerprint density at radius 3 is 2.24 bits per heavy atom. The SMILES string of the molecule is CCOc1ccc(OCCOCCNCCCOC)cc1. The van der Waals surface area contributed by atoms with E-state index in [0.29, 0.717) is 26.4 Å². The van der Waals surface area contributed by atoms with Gasteiger partial charge in [0.25, 0.3) is 0 Å². The maximum absolute atomic E-state index is 5.58. The van der Waals surface area contributed by atoms with Crippen molar-refractivity contribution in [1.82, 2.24) is 5.32 Å². The lowest BCUT2D eigenvalue weighted by Gasteiger charge is -2.09. The molecule has 0 fully saturated rings. The standard InChI is InChI=1S/C16H27NO4/c1-3-20-15-5-7-16(8-6-15)21-14-13-19-12-10-17-9-4-11-18-2/h5-8,17H,3-4,9-14H2,1-2H3. The van der Waals surface area contributed by atoms with Crippen LogP contribution in [0.3, 0.4) is 0 Å². The molecule has 0 radical (unpaired) electrons. The zero-order valence-electron chi connectivity index (χ0n) is 13.1. The van der Waals surface area contributed by atoms with Crippen LogP contribution < -0.4 is 14.8 Å². The highest BCUT2D eigenvalue weighted by Crippen LogP contribution is 2.17. The molecule has 0 saturated carbocycles. The number of hydrogen-bond acceptors (Lipinski definition) is 5. The molecule has 120 valence electrons. The Kier molecular flexibility index (Phi) is 10.5. The van der Waals surface area contributed by atoms with Crippen molar-refractivity contribution < 1.29 is 18.9 Å². The second-order valence-electron chi connectivity index (χ2n) is 4.46. The average Bonchev–Trinajstić information content (AvgIpc) is 2.51. The van der Waals surface area contributed by atoms with E-state index in [4.69, 9.17) is 18.9 Å². The van der Waals surface area contributed by atoms with Gasteiger partial charge in [0.2, 0.25) is 0 Å². The van der Waals surface area contributed by atoms with Gasteiger partial charge in [0.1, 0.15) is 18.1 Å². The van der Waals surface area contributed by atoms with Crippen molar-refractivity contribution in [2.45, 2.75) is 13.3 Å². The molecule has 0 aromatic heterocycles. The summed E-state index contributed by atoms with van der Waals surface area (Å²) in [5.74, 6) is 1.69. The van der Waals surface area contributed by atoms with Gasteiger partial charge in [-0.15, -0.1) is 0 Å². The Balaban J connectivity index is 1.94. The molecule has 1 aromatic carbocycles. The lowest BCUT2D eigenvalue weighted by molar-refractivity contribution is 0.101. The molecule has 0 bridgehead atoms. The first kappa shape index (κ1) is 17.8. The van der Waals surface area contributed by atoms with E-state index in [1.807, 2.05) is 31.2 Å². The first-order valence-electron chi connectivity index (χ1n) is 7.50. The van der Waals surface area contributed by atoms with Gasteiger partial charge in [-0.1, -0.05) is 0 Å². The Morgan fingerprint density at radius 2 is 1.57 bits per heavy atom. The first-order chi connectivity index (χ1) is 10.4. The minimum Gasteiger partial charge on any atom is -0.494 e. The van der Waals surface area contributed by atoms with E-state index in [-0.39, 0.29) is 0 Å². The van der Waals surface area contributed by atoms with Crippen molar-refractivity contribution in [3.8, 4) is 11.5 Å². The summed E-state index contributed by atoms with van der Waals surface area (Å²) in [5, 5.41) is 3.29. The second-order valence-corrected chi connectivity index (χ2v) is 4.46. The maximum atomic E-state index is 5.58.